The van der Waals surface area contributed by atoms with Crippen molar-refractivity contribution in [3.05, 3.63) is 63.6 Å². The standard InChI is InChI=1S/C14H12Cl2N2OS/c15-10-3-1-9(2-4-10)8-20-11-5-6-12(13(16)7-11)14(17)18-19/h1-7,19H,8H2,(H2,17,18). The van der Waals surface area contributed by atoms with Crippen LogP contribution in [-0.4, -0.2) is 11.0 Å². The van der Waals surface area contributed by atoms with Crippen LogP contribution in [0, 0.1) is 0 Å². The van der Waals surface area contributed by atoms with Crippen LogP contribution in [0.25, 0.3) is 0 Å². The third kappa shape index (κ3) is 3.82. The van der Waals surface area contributed by atoms with Crippen LogP contribution in [0.1, 0.15) is 11.1 Å². The molecule has 0 aliphatic rings. The fourth-order valence-electron chi connectivity index (χ4n) is 1.59. The van der Waals surface area contributed by atoms with Gasteiger partial charge in [0.2, 0.25) is 0 Å². The number of rotatable bonds is 4. The molecule has 0 saturated carbocycles. The fraction of sp³-hybridized carbons (Fsp3) is 0.0714. The first-order valence-corrected chi connectivity index (χ1v) is 7.49. The zero-order valence-electron chi connectivity index (χ0n) is 10.4. The van der Waals surface area contributed by atoms with Gasteiger partial charge in [0.15, 0.2) is 5.84 Å². The minimum absolute atomic E-state index is 0.00394. The van der Waals surface area contributed by atoms with Crippen molar-refractivity contribution < 1.29 is 5.21 Å². The van der Waals surface area contributed by atoms with E-state index < -0.39 is 0 Å². The maximum absolute atomic E-state index is 8.64. The number of hydrogen-bond acceptors (Lipinski definition) is 3. The van der Waals surface area contributed by atoms with Crippen molar-refractivity contribution >= 4 is 40.8 Å². The van der Waals surface area contributed by atoms with Gasteiger partial charge in [-0.3, -0.25) is 0 Å². The molecule has 6 heteroatoms. The summed E-state index contributed by atoms with van der Waals surface area (Å²) in [4.78, 5) is 1.01. The van der Waals surface area contributed by atoms with E-state index in [0.29, 0.717) is 10.6 Å². The molecule has 0 bridgehead atoms. The van der Waals surface area contributed by atoms with Gasteiger partial charge in [-0.1, -0.05) is 40.5 Å². The maximum atomic E-state index is 8.64. The van der Waals surface area contributed by atoms with Gasteiger partial charge in [0.1, 0.15) is 0 Å². The molecule has 3 nitrogen and oxygen atoms in total. The van der Waals surface area contributed by atoms with Crippen LogP contribution in [-0.2, 0) is 5.75 Å². The smallest absolute Gasteiger partial charge is 0.171 e. The van der Waals surface area contributed by atoms with Crippen molar-refractivity contribution in [2.75, 3.05) is 0 Å². The molecule has 20 heavy (non-hydrogen) atoms. The number of amidine groups is 1. The largest absolute Gasteiger partial charge is 0.409 e. The predicted molar refractivity (Wildman–Crippen MR) is 85.0 cm³/mol. The average molecular weight is 327 g/mol. The summed E-state index contributed by atoms with van der Waals surface area (Å²) in [6.45, 7) is 0. The van der Waals surface area contributed by atoms with E-state index in [4.69, 9.17) is 34.1 Å². The molecule has 0 saturated heterocycles. The Morgan fingerprint density at radius 1 is 1.15 bits per heavy atom. The summed E-state index contributed by atoms with van der Waals surface area (Å²) in [5, 5.41) is 12.8. The molecular formula is C14H12Cl2N2OS. The molecule has 0 amide bonds. The Kier molecular flexibility index (Phi) is 5.17. The van der Waals surface area contributed by atoms with Crippen molar-refractivity contribution in [1.29, 1.82) is 0 Å². The zero-order chi connectivity index (χ0) is 14.5. The lowest BCUT2D eigenvalue weighted by molar-refractivity contribution is 0.318. The highest BCUT2D eigenvalue weighted by Gasteiger charge is 2.06. The van der Waals surface area contributed by atoms with E-state index in [-0.39, 0.29) is 5.84 Å². The van der Waals surface area contributed by atoms with E-state index in [1.54, 1.807) is 23.9 Å². The van der Waals surface area contributed by atoms with Gasteiger partial charge < -0.3 is 10.9 Å². The summed E-state index contributed by atoms with van der Waals surface area (Å²) in [6, 6.07) is 13.1. The molecule has 0 radical (unpaired) electrons. The average Bonchev–Trinajstić information content (AvgIpc) is 2.46. The second-order valence-electron chi connectivity index (χ2n) is 4.04. The molecule has 3 N–H and O–H groups in total. The molecular weight excluding hydrogens is 315 g/mol. The quantitative estimate of drug-likeness (QED) is 0.288. The number of oxime groups is 1. The number of hydrogen-bond donors (Lipinski definition) is 2. The monoisotopic (exact) mass is 326 g/mol. The Labute approximate surface area is 131 Å². The van der Waals surface area contributed by atoms with Crippen LogP contribution < -0.4 is 5.73 Å². The molecule has 2 aromatic carbocycles. The van der Waals surface area contributed by atoms with Crippen molar-refractivity contribution in [1.82, 2.24) is 0 Å². The summed E-state index contributed by atoms with van der Waals surface area (Å²) < 4.78 is 0. The van der Waals surface area contributed by atoms with Crippen LogP contribution in [0.2, 0.25) is 10.0 Å². The Morgan fingerprint density at radius 2 is 1.85 bits per heavy atom. The van der Waals surface area contributed by atoms with E-state index in [0.717, 1.165) is 15.7 Å². The van der Waals surface area contributed by atoms with Gasteiger partial charge >= 0.3 is 0 Å². The number of nitrogens with two attached hydrogens (primary N) is 1. The van der Waals surface area contributed by atoms with Gasteiger partial charge in [0.05, 0.1) is 5.02 Å². The zero-order valence-corrected chi connectivity index (χ0v) is 12.7. The van der Waals surface area contributed by atoms with Gasteiger partial charge in [0, 0.05) is 21.2 Å². The molecule has 0 fully saturated rings. The summed E-state index contributed by atoms with van der Waals surface area (Å²) in [5.74, 6) is 0.820. The van der Waals surface area contributed by atoms with Crippen molar-refractivity contribution in [2.45, 2.75) is 10.6 Å². The van der Waals surface area contributed by atoms with E-state index in [9.17, 15) is 0 Å². The number of halogens is 2. The molecule has 104 valence electrons. The lowest BCUT2D eigenvalue weighted by Gasteiger charge is -2.06. The van der Waals surface area contributed by atoms with Gasteiger partial charge in [-0.05, 0) is 35.9 Å². The van der Waals surface area contributed by atoms with Crippen LogP contribution in [0.3, 0.4) is 0 Å². The Bertz CT molecular complexity index is 630. The SMILES string of the molecule is N/C(=N/O)c1ccc(SCc2ccc(Cl)cc2)cc1Cl. The summed E-state index contributed by atoms with van der Waals surface area (Å²) in [7, 11) is 0. The second kappa shape index (κ2) is 6.88. The highest BCUT2D eigenvalue weighted by atomic mass is 35.5. The van der Waals surface area contributed by atoms with Gasteiger partial charge in [-0.15, -0.1) is 11.8 Å². The first-order chi connectivity index (χ1) is 9.60. The summed E-state index contributed by atoms with van der Waals surface area (Å²) >= 11 is 13.6. The first kappa shape index (κ1) is 15.0. The highest BCUT2D eigenvalue weighted by Crippen LogP contribution is 2.27. The topological polar surface area (TPSA) is 58.6 Å². The molecule has 0 heterocycles. The number of nitrogens with zero attached hydrogens (tertiary/aromatic N) is 1. The molecule has 0 aliphatic carbocycles. The Balaban J connectivity index is 2.07. The minimum atomic E-state index is 0.00394. The fourth-order valence-corrected chi connectivity index (χ4v) is 2.95. The third-order valence-electron chi connectivity index (χ3n) is 2.64. The molecule has 2 aromatic rings. The van der Waals surface area contributed by atoms with Crippen molar-refractivity contribution in [2.24, 2.45) is 10.9 Å². The van der Waals surface area contributed by atoms with Crippen molar-refractivity contribution in [3.63, 3.8) is 0 Å². The van der Waals surface area contributed by atoms with Crippen LogP contribution in [0.4, 0.5) is 0 Å². The third-order valence-corrected chi connectivity index (χ3v) is 4.27. The minimum Gasteiger partial charge on any atom is -0.409 e. The summed E-state index contributed by atoms with van der Waals surface area (Å²) in [5.41, 5.74) is 7.22. The van der Waals surface area contributed by atoms with Crippen LogP contribution >= 0.6 is 35.0 Å². The highest BCUT2D eigenvalue weighted by molar-refractivity contribution is 7.98. The first-order valence-electron chi connectivity index (χ1n) is 5.75. The molecule has 0 atom stereocenters. The van der Waals surface area contributed by atoms with E-state index in [1.165, 1.54) is 5.56 Å². The lowest BCUT2D eigenvalue weighted by Crippen LogP contribution is -2.13. The number of thioether (sulfide) groups is 1. The summed E-state index contributed by atoms with van der Waals surface area (Å²) in [6.07, 6.45) is 0. The van der Waals surface area contributed by atoms with E-state index in [2.05, 4.69) is 5.16 Å². The number of benzene rings is 2. The normalized spacial score (nSPS) is 11.6. The predicted octanol–water partition coefficient (Wildman–Crippen LogP) is 4.38. The van der Waals surface area contributed by atoms with Crippen molar-refractivity contribution in [3.8, 4) is 0 Å². The second-order valence-corrected chi connectivity index (χ2v) is 5.93. The molecule has 0 aromatic heterocycles. The molecule has 0 aliphatic heterocycles. The Morgan fingerprint density at radius 3 is 2.45 bits per heavy atom. The van der Waals surface area contributed by atoms with Gasteiger partial charge in [-0.2, -0.15) is 0 Å². The van der Waals surface area contributed by atoms with Crippen LogP contribution in [0.5, 0.6) is 0 Å². The van der Waals surface area contributed by atoms with Gasteiger partial charge in [-0.25, -0.2) is 0 Å². The lowest BCUT2D eigenvalue weighted by atomic mass is 10.2. The van der Waals surface area contributed by atoms with E-state index in [1.807, 2.05) is 30.3 Å². The molecule has 2 rings (SSSR count). The van der Waals surface area contributed by atoms with Gasteiger partial charge in [0.25, 0.3) is 0 Å². The van der Waals surface area contributed by atoms with Crippen LogP contribution in [0.15, 0.2) is 52.5 Å². The molecule has 0 unspecified atom stereocenters. The Hall–Kier alpha value is -1.36. The maximum Gasteiger partial charge on any atom is 0.171 e. The molecule has 0 spiro atoms. The van der Waals surface area contributed by atoms with E-state index >= 15 is 0 Å².